The molecule has 9 heteroatoms. The predicted molar refractivity (Wildman–Crippen MR) is 102 cm³/mol. The molecule has 2 N–H and O–H groups in total. The second-order valence-corrected chi connectivity index (χ2v) is 6.66. The summed E-state index contributed by atoms with van der Waals surface area (Å²) < 4.78 is 6.55. The molecule has 0 atom stereocenters. The fourth-order valence-electron chi connectivity index (χ4n) is 3.40. The topological polar surface area (TPSA) is 99.2 Å². The summed E-state index contributed by atoms with van der Waals surface area (Å²) in [6, 6.07) is 8.08. The van der Waals surface area contributed by atoms with E-state index in [2.05, 4.69) is 36.9 Å². The second-order valence-electron chi connectivity index (χ2n) is 6.66. The zero-order valence-corrected chi connectivity index (χ0v) is 15.4. The van der Waals surface area contributed by atoms with Gasteiger partial charge in [-0.2, -0.15) is 0 Å². The number of nitrogens with zero attached hydrogens (tertiary/aromatic N) is 4. The molecular formula is C18H22N6O3. The summed E-state index contributed by atoms with van der Waals surface area (Å²) >= 11 is 0. The number of imidazole rings is 1. The number of rotatable bonds is 4. The van der Waals surface area contributed by atoms with E-state index < -0.39 is 11.2 Å². The lowest BCUT2D eigenvalue weighted by molar-refractivity contribution is 0.245. The average molecular weight is 370 g/mol. The van der Waals surface area contributed by atoms with Gasteiger partial charge in [0.2, 0.25) is 0 Å². The highest BCUT2D eigenvalue weighted by molar-refractivity contribution is 5.69. The van der Waals surface area contributed by atoms with Gasteiger partial charge in [-0.15, -0.1) is 0 Å². The summed E-state index contributed by atoms with van der Waals surface area (Å²) in [5, 5.41) is 0. The van der Waals surface area contributed by atoms with E-state index >= 15 is 0 Å². The number of methoxy groups -OCH3 is 1. The molecule has 3 aromatic rings. The van der Waals surface area contributed by atoms with Crippen LogP contribution in [0.3, 0.4) is 0 Å². The molecule has 4 rings (SSSR count). The Labute approximate surface area is 155 Å². The van der Waals surface area contributed by atoms with Gasteiger partial charge in [0.25, 0.3) is 5.56 Å². The van der Waals surface area contributed by atoms with E-state index in [9.17, 15) is 9.59 Å². The Hall–Kier alpha value is -3.07. The largest absolute Gasteiger partial charge is 0.497 e. The van der Waals surface area contributed by atoms with Crippen LogP contribution in [0.25, 0.3) is 11.2 Å². The van der Waals surface area contributed by atoms with Gasteiger partial charge in [0.05, 0.1) is 13.7 Å². The highest BCUT2D eigenvalue weighted by Crippen LogP contribution is 2.21. The number of piperazine rings is 1. The van der Waals surface area contributed by atoms with Crippen molar-refractivity contribution < 1.29 is 4.74 Å². The molecule has 1 fully saturated rings. The number of aromatic amines is 2. The van der Waals surface area contributed by atoms with E-state index in [1.807, 2.05) is 12.1 Å². The van der Waals surface area contributed by atoms with Gasteiger partial charge in [-0.25, -0.2) is 9.78 Å². The third kappa shape index (κ3) is 3.33. The van der Waals surface area contributed by atoms with Crippen LogP contribution < -0.4 is 20.9 Å². The molecular weight excluding hydrogens is 348 g/mol. The Morgan fingerprint density at radius 3 is 2.44 bits per heavy atom. The number of nitrogens with one attached hydrogen (secondary N) is 2. The molecule has 1 aliphatic heterocycles. The number of hydrogen-bond donors (Lipinski definition) is 2. The molecule has 0 aliphatic carbocycles. The Kier molecular flexibility index (Phi) is 4.44. The molecule has 0 radical (unpaired) electrons. The number of aryl methyl sites for hydroxylation is 1. The SMILES string of the molecule is COc1ccc(N2CCN(Cc3nc4c([nH]3)c(=O)[nH]c(=O)n4C)CC2)cc1. The van der Waals surface area contributed by atoms with Crippen molar-refractivity contribution in [3.63, 3.8) is 0 Å². The monoisotopic (exact) mass is 370 g/mol. The second kappa shape index (κ2) is 6.92. The molecule has 1 saturated heterocycles. The van der Waals surface area contributed by atoms with Gasteiger partial charge < -0.3 is 14.6 Å². The van der Waals surface area contributed by atoms with Crippen LogP contribution in [0.1, 0.15) is 5.82 Å². The van der Waals surface area contributed by atoms with Crippen molar-refractivity contribution in [2.45, 2.75) is 6.54 Å². The van der Waals surface area contributed by atoms with E-state index in [1.165, 1.54) is 10.3 Å². The molecule has 0 saturated carbocycles. The summed E-state index contributed by atoms with van der Waals surface area (Å²) in [7, 11) is 3.26. The van der Waals surface area contributed by atoms with Crippen LogP contribution in [0.5, 0.6) is 5.75 Å². The zero-order valence-electron chi connectivity index (χ0n) is 15.4. The maximum absolute atomic E-state index is 11.9. The number of H-pyrrole nitrogens is 2. The van der Waals surface area contributed by atoms with Crippen LogP contribution in [-0.4, -0.2) is 57.7 Å². The predicted octanol–water partition coefficient (Wildman–Crippen LogP) is 0.281. The first-order valence-corrected chi connectivity index (χ1v) is 8.84. The maximum atomic E-state index is 11.9. The van der Waals surface area contributed by atoms with Crippen molar-refractivity contribution in [1.82, 2.24) is 24.4 Å². The minimum Gasteiger partial charge on any atom is -0.497 e. The van der Waals surface area contributed by atoms with Crippen molar-refractivity contribution in [3.05, 3.63) is 50.9 Å². The molecule has 0 unspecified atom stereocenters. The minimum absolute atomic E-state index is 0.337. The van der Waals surface area contributed by atoms with Gasteiger partial charge in [0.15, 0.2) is 5.65 Å². The lowest BCUT2D eigenvalue weighted by Crippen LogP contribution is -2.46. The maximum Gasteiger partial charge on any atom is 0.329 e. The number of aromatic nitrogens is 4. The highest BCUT2D eigenvalue weighted by atomic mass is 16.5. The summed E-state index contributed by atoms with van der Waals surface area (Å²) in [5.74, 6) is 1.54. The number of benzene rings is 1. The van der Waals surface area contributed by atoms with E-state index in [-0.39, 0.29) is 0 Å². The van der Waals surface area contributed by atoms with Crippen molar-refractivity contribution >= 4 is 16.9 Å². The van der Waals surface area contributed by atoms with Gasteiger partial charge in [-0.3, -0.25) is 19.2 Å². The Balaban J connectivity index is 1.44. The molecule has 0 amide bonds. The fourth-order valence-corrected chi connectivity index (χ4v) is 3.40. The number of fused-ring (bicyclic) bond motifs is 1. The third-order valence-corrected chi connectivity index (χ3v) is 4.99. The van der Waals surface area contributed by atoms with Gasteiger partial charge in [0.1, 0.15) is 17.1 Å². The van der Waals surface area contributed by atoms with Crippen LogP contribution in [0.2, 0.25) is 0 Å². The highest BCUT2D eigenvalue weighted by Gasteiger charge is 2.19. The minimum atomic E-state index is -0.460. The van der Waals surface area contributed by atoms with Gasteiger partial charge >= 0.3 is 5.69 Å². The number of anilines is 1. The summed E-state index contributed by atoms with van der Waals surface area (Å²) in [4.78, 5) is 38.0. The van der Waals surface area contributed by atoms with E-state index in [0.29, 0.717) is 23.5 Å². The summed E-state index contributed by atoms with van der Waals surface area (Å²) in [5.41, 5.74) is 1.01. The van der Waals surface area contributed by atoms with Crippen LogP contribution in [0.4, 0.5) is 5.69 Å². The smallest absolute Gasteiger partial charge is 0.329 e. The van der Waals surface area contributed by atoms with E-state index in [4.69, 9.17) is 4.74 Å². The van der Waals surface area contributed by atoms with Gasteiger partial charge in [-0.1, -0.05) is 0 Å². The van der Waals surface area contributed by atoms with Crippen LogP contribution >= 0.6 is 0 Å². The van der Waals surface area contributed by atoms with Crippen molar-refractivity contribution in [1.29, 1.82) is 0 Å². The zero-order chi connectivity index (χ0) is 19.0. The fraction of sp³-hybridized carbons (Fsp3) is 0.389. The summed E-state index contributed by atoms with van der Waals surface area (Å²) in [6.45, 7) is 4.20. The third-order valence-electron chi connectivity index (χ3n) is 4.99. The number of ether oxygens (including phenoxy) is 1. The van der Waals surface area contributed by atoms with Crippen LogP contribution in [-0.2, 0) is 13.6 Å². The normalized spacial score (nSPS) is 15.4. The molecule has 3 heterocycles. The molecule has 142 valence electrons. The first kappa shape index (κ1) is 17.3. The lowest BCUT2D eigenvalue weighted by atomic mass is 10.2. The lowest BCUT2D eigenvalue weighted by Gasteiger charge is -2.35. The van der Waals surface area contributed by atoms with Crippen LogP contribution in [0.15, 0.2) is 33.9 Å². The van der Waals surface area contributed by atoms with Crippen molar-refractivity contribution in [2.75, 3.05) is 38.2 Å². The molecule has 2 aromatic heterocycles. The Morgan fingerprint density at radius 2 is 1.78 bits per heavy atom. The first-order valence-electron chi connectivity index (χ1n) is 8.84. The molecule has 1 aromatic carbocycles. The molecule has 0 bridgehead atoms. The first-order chi connectivity index (χ1) is 13.0. The van der Waals surface area contributed by atoms with Gasteiger partial charge in [0, 0.05) is 38.9 Å². The van der Waals surface area contributed by atoms with Gasteiger partial charge in [-0.05, 0) is 24.3 Å². The Bertz CT molecular complexity index is 1060. The standard InChI is InChI=1S/C18H22N6O3/c1-22-16-15(17(25)21-18(22)26)19-14(20-16)11-23-7-9-24(10-8-23)12-3-5-13(27-2)6-4-12/h3-6H,7-11H2,1-2H3,(H,19,20)(H,21,25,26). The quantitative estimate of drug-likeness (QED) is 0.684. The number of hydrogen-bond acceptors (Lipinski definition) is 6. The van der Waals surface area contributed by atoms with Crippen LogP contribution in [0, 0.1) is 0 Å². The van der Waals surface area contributed by atoms with E-state index in [0.717, 1.165) is 31.9 Å². The summed E-state index contributed by atoms with van der Waals surface area (Å²) in [6.07, 6.45) is 0. The van der Waals surface area contributed by atoms with E-state index in [1.54, 1.807) is 14.2 Å². The molecule has 9 nitrogen and oxygen atoms in total. The molecule has 0 spiro atoms. The average Bonchev–Trinajstić information content (AvgIpc) is 3.11. The van der Waals surface area contributed by atoms with Crippen molar-refractivity contribution in [3.8, 4) is 5.75 Å². The van der Waals surface area contributed by atoms with Crippen molar-refractivity contribution in [2.24, 2.45) is 7.05 Å². The Morgan fingerprint density at radius 1 is 1.07 bits per heavy atom. The molecule has 1 aliphatic rings. The molecule has 27 heavy (non-hydrogen) atoms.